The third kappa shape index (κ3) is 4.08. The molecule has 0 spiro atoms. The number of carbonyl (C=O) groups excluding carboxylic acids is 1. The monoisotopic (exact) mass is 341 g/mol. The number of halogens is 2. The summed E-state index contributed by atoms with van der Waals surface area (Å²) in [7, 11) is 0. The molecule has 0 aliphatic carbocycles. The van der Waals surface area contributed by atoms with Crippen molar-refractivity contribution in [2.75, 3.05) is 10.6 Å². The summed E-state index contributed by atoms with van der Waals surface area (Å²) in [6.07, 6.45) is 3.07. The molecule has 0 radical (unpaired) electrons. The molecule has 4 nitrogen and oxygen atoms in total. The van der Waals surface area contributed by atoms with E-state index in [1.54, 1.807) is 24.4 Å². The summed E-state index contributed by atoms with van der Waals surface area (Å²) in [6.45, 7) is 0. The standard InChI is InChI=1S/C18H13ClFN3O/c19-13-2-1-3-16(9-13)22-17-8-12(10-21-11-17)18(24)23-15-6-4-14(20)5-7-15/h1-11,22H,(H,23,24). The number of hydrogen-bond donors (Lipinski definition) is 2. The number of anilines is 3. The Bertz CT molecular complexity index is 868. The summed E-state index contributed by atoms with van der Waals surface area (Å²) in [5, 5.41) is 6.44. The molecule has 0 atom stereocenters. The second kappa shape index (κ2) is 7.10. The van der Waals surface area contributed by atoms with Crippen LogP contribution in [0.15, 0.2) is 67.0 Å². The van der Waals surface area contributed by atoms with Gasteiger partial charge in [-0.1, -0.05) is 17.7 Å². The molecule has 1 amide bonds. The van der Waals surface area contributed by atoms with Crippen LogP contribution in [-0.2, 0) is 0 Å². The maximum atomic E-state index is 12.9. The summed E-state index contributed by atoms with van der Waals surface area (Å²) < 4.78 is 12.9. The first-order valence-corrected chi connectivity index (χ1v) is 7.52. The van der Waals surface area contributed by atoms with Gasteiger partial charge in [-0.3, -0.25) is 9.78 Å². The maximum Gasteiger partial charge on any atom is 0.257 e. The van der Waals surface area contributed by atoms with Crippen LogP contribution in [0.1, 0.15) is 10.4 Å². The van der Waals surface area contributed by atoms with Gasteiger partial charge in [-0.15, -0.1) is 0 Å². The molecule has 0 aliphatic heterocycles. The van der Waals surface area contributed by atoms with Crippen molar-refractivity contribution in [3.05, 3.63) is 83.4 Å². The van der Waals surface area contributed by atoms with E-state index in [4.69, 9.17) is 11.6 Å². The van der Waals surface area contributed by atoms with Crippen LogP contribution in [0.5, 0.6) is 0 Å². The third-order valence-corrected chi connectivity index (χ3v) is 3.45. The summed E-state index contributed by atoms with van der Waals surface area (Å²) in [4.78, 5) is 16.3. The predicted molar refractivity (Wildman–Crippen MR) is 93.3 cm³/mol. The molecular weight excluding hydrogens is 329 g/mol. The largest absolute Gasteiger partial charge is 0.354 e. The zero-order chi connectivity index (χ0) is 16.9. The molecule has 0 saturated carbocycles. The van der Waals surface area contributed by atoms with Crippen molar-refractivity contribution in [1.29, 1.82) is 0 Å². The average molecular weight is 342 g/mol. The fraction of sp³-hybridized carbons (Fsp3) is 0. The number of hydrogen-bond acceptors (Lipinski definition) is 3. The van der Waals surface area contributed by atoms with E-state index >= 15 is 0 Å². The van der Waals surface area contributed by atoms with Gasteiger partial charge in [0, 0.05) is 22.6 Å². The lowest BCUT2D eigenvalue weighted by molar-refractivity contribution is 0.102. The average Bonchev–Trinajstić information content (AvgIpc) is 2.57. The number of rotatable bonds is 4. The number of nitrogens with zero attached hydrogens (tertiary/aromatic N) is 1. The van der Waals surface area contributed by atoms with Crippen LogP contribution >= 0.6 is 11.6 Å². The molecule has 0 fully saturated rings. The van der Waals surface area contributed by atoms with Gasteiger partial charge in [0.2, 0.25) is 0 Å². The quantitative estimate of drug-likeness (QED) is 0.711. The Morgan fingerprint density at radius 1 is 0.958 bits per heavy atom. The van der Waals surface area contributed by atoms with Gasteiger partial charge >= 0.3 is 0 Å². The van der Waals surface area contributed by atoms with Crippen molar-refractivity contribution in [3.8, 4) is 0 Å². The van der Waals surface area contributed by atoms with E-state index in [9.17, 15) is 9.18 Å². The van der Waals surface area contributed by atoms with Gasteiger partial charge in [-0.05, 0) is 48.5 Å². The highest BCUT2D eigenvalue weighted by Crippen LogP contribution is 2.20. The Morgan fingerprint density at radius 2 is 1.75 bits per heavy atom. The smallest absolute Gasteiger partial charge is 0.257 e. The first kappa shape index (κ1) is 16.0. The molecule has 3 aromatic rings. The molecular formula is C18H13ClFN3O. The molecule has 1 heterocycles. The van der Waals surface area contributed by atoms with E-state index in [0.717, 1.165) is 5.69 Å². The molecule has 0 bridgehead atoms. The minimum atomic E-state index is -0.359. The molecule has 120 valence electrons. The Labute approximate surface area is 143 Å². The van der Waals surface area contributed by atoms with Gasteiger partial charge in [0.15, 0.2) is 0 Å². The molecule has 0 saturated heterocycles. The highest BCUT2D eigenvalue weighted by Gasteiger charge is 2.08. The van der Waals surface area contributed by atoms with E-state index in [1.165, 1.54) is 30.5 Å². The van der Waals surface area contributed by atoms with Crippen molar-refractivity contribution >= 4 is 34.6 Å². The Morgan fingerprint density at radius 3 is 2.50 bits per heavy atom. The lowest BCUT2D eigenvalue weighted by Crippen LogP contribution is -2.12. The second-order valence-corrected chi connectivity index (χ2v) is 5.50. The highest BCUT2D eigenvalue weighted by molar-refractivity contribution is 6.30. The van der Waals surface area contributed by atoms with Crippen LogP contribution in [0, 0.1) is 5.82 Å². The predicted octanol–water partition coefficient (Wildman–Crippen LogP) is 4.87. The van der Waals surface area contributed by atoms with Crippen LogP contribution in [0.25, 0.3) is 0 Å². The van der Waals surface area contributed by atoms with Gasteiger partial charge in [0.25, 0.3) is 5.91 Å². The number of carbonyl (C=O) groups is 1. The van der Waals surface area contributed by atoms with E-state index in [1.807, 2.05) is 12.1 Å². The zero-order valence-electron chi connectivity index (χ0n) is 12.5. The molecule has 0 aliphatic rings. The van der Waals surface area contributed by atoms with Crippen molar-refractivity contribution in [2.24, 2.45) is 0 Å². The fourth-order valence-corrected chi connectivity index (χ4v) is 2.29. The number of nitrogens with one attached hydrogen (secondary N) is 2. The van der Waals surface area contributed by atoms with E-state index in [0.29, 0.717) is 22.0 Å². The summed E-state index contributed by atoms with van der Waals surface area (Å²) >= 11 is 5.95. The minimum Gasteiger partial charge on any atom is -0.354 e. The van der Waals surface area contributed by atoms with Gasteiger partial charge < -0.3 is 10.6 Å². The number of amides is 1. The normalized spacial score (nSPS) is 10.2. The summed E-state index contributed by atoms with van der Waals surface area (Å²) in [5.74, 6) is -0.689. The first-order chi connectivity index (χ1) is 11.6. The van der Waals surface area contributed by atoms with Crippen LogP contribution in [-0.4, -0.2) is 10.9 Å². The molecule has 2 N–H and O–H groups in total. The molecule has 6 heteroatoms. The number of pyridine rings is 1. The lowest BCUT2D eigenvalue weighted by Gasteiger charge is -2.09. The third-order valence-electron chi connectivity index (χ3n) is 3.22. The topological polar surface area (TPSA) is 54.0 Å². The highest BCUT2D eigenvalue weighted by atomic mass is 35.5. The van der Waals surface area contributed by atoms with Crippen LogP contribution in [0.4, 0.5) is 21.5 Å². The van der Waals surface area contributed by atoms with Crippen molar-refractivity contribution < 1.29 is 9.18 Å². The van der Waals surface area contributed by atoms with Crippen molar-refractivity contribution in [1.82, 2.24) is 4.98 Å². The van der Waals surface area contributed by atoms with Gasteiger partial charge in [0.1, 0.15) is 5.82 Å². The summed E-state index contributed by atoms with van der Waals surface area (Å²) in [6, 6.07) is 14.5. The van der Waals surface area contributed by atoms with Crippen LogP contribution < -0.4 is 10.6 Å². The molecule has 3 rings (SSSR count). The fourth-order valence-electron chi connectivity index (χ4n) is 2.10. The number of aromatic nitrogens is 1. The van der Waals surface area contributed by atoms with Crippen molar-refractivity contribution in [2.45, 2.75) is 0 Å². The Kier molecular flexibility index (Phi) is 4.72. The van der Waals surface area contributed by atoms with E-state index in [-0.39, 0.29) is 11.7 Å². The van der Waals surface area contributed by atoms with Gasteiger partial charge in [-0.25, -0.2) is 4.39 Å². The van der Waals surface area contributed by atoms with Crippen molar-refractivity contribution in [3.63, 3.8) is 0 Å². The van der Waals surface area contributed by atoms with E-state index in [2.05, 4.69) is 15.6 Å². The van der Waals surface area contributed by atoms with Crippen LogP contribution in [0.2, 0.25) is 5.02 Å². The van der Waals surface area contributed by atoms with E-state index < -0.39 is 0 Å². The number of benzene rings is 2. The lowest BCUT2D eigenvalue weighted by atomic mass is 10.2. The Hall–Kier alpha value is -2.92. The second-order valence-electron chi connectivity index (χ2n) is 5.06. The minimum absolute atomic E-state index is 0.330. The maximum absolute atomic E-state index is 12.9. The molecule has 2 aromatic carbocycles. The van der Waals surface area contributed by atoms with Gasteiger partial charge in [0.05, 0.1) is 17.4 Å². The SMILES string of the molecule is O=C(Nc1ccc(F)cc1)c1cncc(Nc2cccc(Cl)c2)c1. The molecule has 24 heavy (non-hydrogen) atoms. The molecule has 1 aromatic heterocycles. The Balaban J connectivity index is 1.74. The first-order valence-electron chi connectivity index (χ1n) is 7.15. The van der Waals surface area contributed by atoms with Crippen LogP contribution in [0.3, 0.4) is 0 Å². The summed E-state index contributed by atoms with van der Waals surface area (Å²) in [5.41, 5.74) is 2.34. The molecule has 0 unspecified atom stereocenters. The zero-order valence-corrected chi connectivity index (χ0v) is 13.2. The van der Waals surface area contributed by atoms with Gasteiger partial charge in [-0.2, -0.15) is 0 Å².